The first-order chi connectivity index (χ1) is 17.6. The molecule has 1 fully saturated rings. The third kappa shape index (κ3) is 4.67. The number of aryl methyl sites for hydroxylation is 2. The number of nitrogens with one attached hydrogen (secondary N) is 1. The fourth-order valence-electron chi connectivity index (χ4n) is 4.14. The Bertz CT molecular complexity index is 1450. The van der Waals surface area contributed by atoms with Crippen LogP contribution in [0.15, 0.2) is 47.1 Å². The van der Waals surface area contributed by atoms with Crippen molar-refractivity contribution in [2.75, 3.05) is 13.2 Å². The third-order valence-corrected chi connectivity index (χ3v) is 6.15. The Morgan fingerprint density at radius 2 is 1.84 bits per heavy atom. The molecule has 1 amide bonds. The summed E-state index contributed by atoms with van der Waals surface area (Å²) in [5, 5.41) is 2.98. The van der Waals surface area contributed by atoms with Crippen LogP contribution in [0.4, 0.5) is 8.78 Å². The van der Waals surface area contributed by atoms with Crippen LogP contribution in [0, 0.1) is 25.5 Å². The van der Waals surface area contributed by atoms with E-state index < -0.39 is 28.9 Å². The number of carbonyl (C=O) groups is 1. The SMILES string of the molecule is Cc1cnc(C2(NC(=O)c3c(C)nc4c(OCc5c(F)cccc5F)cccn34)COC(C)(C)OC2)o1. The molecule has 37 heavy (non-hydrogen) atoms. The molecule has 4 aromatic rings. The molecule has 3 aromatic heterocycles. The van der Waals surface area contributed by atoms with Crippen LogP contribution in [-0.4, -0.2) is 39.3 Å². The van der Waals surface area contributed by atoms with Gasteiger partial charge in [0.15, 0.2) is 22.7 Å². The standard InChI is InChI=1S/C26H26F2N4O5/c1-15-11-29-24(37-15)26(13-35-25(3,4)36-14-26)31-23(33)21-16(2)30-22-20(9-6-10-32(21)22)34-12-17-18(27)7-5-8-19(17)28/h5-11H,12-14H2,1-4H3,(H,31,33). The fourth-order valence-corrected chi connectivity index (χ4v) is 4.14. The minimum absolute atomic E-state index is 0.0735. The highest BCUT2D eigenvalue weighted by Crippen LogP contribution is 2.32. The van der Waals surface area contributed by atoms with E-state index in [2.05, 4.69) is 15.3 Å². The van der Waals surface area contributed by atoms with Gasteiger partial charge in [-0.15, -0.1) is 0 Å². The number of imidazole rings is 1. The minimum Gasteiger partial charge on any atom is -0.485 e. The number of benzene rings is 1. The molecule has 11 heteroatoms. The number of aromatic nitrogens is 3. The van der Waals surface area contributed by atoms with Crippen molar-refractivity contribution in [1.29, 1.82) is 0 Å². The van der Waals surface area contributed by atoms with E-state index in [-0.39, 0.29) is 42.7 Å². The summed E-state index contributed by atoms with van der Waals surface area (Å²) in [6.45, 7) is 6.80. The first-order valence-electron chi connectivity index (χ1n) is 11.7. The van der Waals surface area contributed by atoms with Crippen LogP contribution in [0.2, 0.25) is 0 Å². The van der Waals surface area contributed by atoms with Crippen molar-refractivity contribution >= 4 is 11.6 Å². The highest BCUT2D eigenvalue weighted by molar-refractivity contribution is 5.95. The maximum Gasteiger partial charge on any atom is 0.271 e. The summed E-state index contributed by atoms with van der Waals surface area (Å²) in [6.07, 6.45) is 3.21. The van der Waals surface area contributed by atoms with Crippen molar-refractivity contribution in [3.05, 3.63) is 83.0 Å². The summed E-state index contributed by atoms with van der Waals surface area (Å²) < 4.78 is 52.9. The summed E-state index contributed by atoms with van der Waals surface area (Å²) in [7, 11) is 0. The lowest BCUT2D eigenvalue weighted by Crippen LogP contribution is -2.59. The number of hydrogen-bond acceptors (Lipinski definition) is 7. The van der Waals surface area contributed by atoms with Crippen molar-refractivity contribution in [3.8, 4) is 5.75 Å². The largest absolute Gasteiger partial charge is 0.485 e. The van der Waals surface area contributed by atoms with Gasteiger partial charge in [0.05, 0.1) is 30.7 Å². The lowest BCUT2D eigenvalue weighted by atomic mass is 9.99. The van der Waals surface area contributed by atoms with Gasteiger partial charge in [0.2, 0.25) is 5.89 Å². The summed E-state index contributed by atoms with van der Waals surface area (Å²) >= 11 is 0. The van der Waals surface area contributed by atoms with Crippen LogP contribution in [0.3, 0.4) is 0 Å². The molecule has 1 saturated heterocycles. The van der Waals surface area contributed by atoms with E-state index in [0.717, 1.165) is 12.1 Å². The number of hydrogen-bond donors (Lipinski definition) is 1. The lowest BCUT2D eigenvalue weighted by Gasteiger charge is -2.41. The average molecular weight is 513 g/mol. The van der Waals surface area contributed by atoms with Crippen LogP contribution < -0.4 is 10.1 Å². The second kappa shape index (κ2) is 9.24. The molecule has 1 aliphatic rings. The smallest absolute Gasteiger partial charge is 0.271 e. The van der Waals surface area contributed by atoms with Gasteiger partial charge in [-0.3, -0.25) is 9.20 Å². The zero-order chi connectivity index (χ0) is 26.4. The van der Waals surface area contributed by atoms with E-state index in [4.69, 9.17) is 18.6 Å². The second-order valence-electron chi connectivity index (χ2n) is 9.39. The number of amides is 1. The van der Waals surface area contributed by atoms with Gasteiger partial charge in [0.25, 0.3) is 5.91 Å². The van der Waals surface area contributed by atoms with Gasteiger partial charge in [0.1, 0.15) is 29.7 Å². The Balaban J connectivity index is 1.46. The van der Waals surface area contributed by atoms with Crippen molar-refractivity contribution in [1.82, 2.24) is 19.7 Å². The number of ether oxygens (including phenoxy) is 3. The van der Waals surface area contributed by atoms with Crippen LogP contribution in [0.25, 0.3) is 5.65 Å². The third-order valence-electron chi connectivity index (χ3n) is 6.15. The molecule has 0 bridgehead atoms. The number of pyridine rings is 1. The number of carbonyl (C=O) groups excluding carboxylic acids is 1. The molecular weight excluding hydrogens is 486 g/mol. The van der Waals surface area contributed by atoms with Gasteiger partial charge < -0.3 is 23.9 Å². The number of nitrogens with zero attached hydrogens (tertiary/aromatic N) is 3. The van der Waals surface area contributed by atoms with Gasteiger partial charge in [-0.2, -0.15) is 0 Å². The van der Waals surface area contributed by atoms with E-state index >= 15 is 0 Å². The molecule has 4 heterocycles. The second-order valence-corrected chi connectivity index (χ2v) is 9.39. The predicted molar refractivity (Wildman–Crippen MR) is 127 cm³/mol. The summed E-state index contributed by atoms with van der Waals surface area (Å²) in [4.78, 5) is 22.5. The maximum absolute atomic E-state index is 14.1. The number of halogens is 2. The quantitative estimate of drug-likeness (QED) is 0.413. The van der Waals surface area contributed by atoms with Gasteiger partial charge in [0, 0.05) is 6.20 Å². The van der Waals surface area contributed by atoms with Crippen LogP contribution in [-0.2, 0) is 21.6 Å². The normalized spacial score (nSPS) is 16.6. The predicted octanol–water partition coefficient (Wildman–Crippen LogP) is 4.20. The molecule has 9 nitrogen and oxygen atoms in total. The Hall–Kier alpha value is -3.83. The highest BCUT2D eigenvalue weighted by Gasteiger charge is 2.47. The summed E-state index contributed by atoms with van der Waals surface area (Å²) in [6, 6.07) is 6.88. The van der Waals surface area contributed by atoms with E-state index in [1.165, 1.54) is 6.07 Å². The Morgan fingerprint density at radius 1 is 1.14 bits per heavy atom. The molecule has 1 N–H and O–H groups in total. The fraction of sp³-hybridized carbons (Fsp3) is 0.346. The zero-order valence-corrected chi connectivity index (χ0v) is 20.8. The molecule has 1 aliphatic heterocycles. The Morgan fingerprint density at radius 3 is 2.49 bits per heavy atom. The molecule has 0 spiro atoms. The molecule has 194 valence electrons. The molecule has 0 saturated carbocycles. The van der Waals surface area contributed by atoms with E-state index in [1.54, 1.807) is 56.6 Å². The van der Waals surface area contributed by atoms with Crippen LogP contribution in [0.5, 0.6) is 5.75 Å². The molecule has 0 radical (unpaired) electrons. The van der Waals surface area contributed by atoms with Crippen molar-refractivity contribution < 1.29 is 32.2 Å². The van der Waals surface area contributed by atoms with Crippen LogP contribution in [0.1, 0.15) is 47.2 Å². The Labute approximate surface area is 211 Å². The number of fused-ring (bicyclic) bond motifs is 1. The van der Waals surface area contributed by atoms with E-state index in [9.17, 15) is 13.6 Å². The molecule has 5 rings (SSSR count). The molecule has 0 atom stereocenters. The monoisotopic (exact) mass is 512 g/mol. The maximum atomic E-state index is 14.1. The number of oxazole rings is 1. The van der Waals surface area contributed by atoms with Crippen molar-refractivity contribution in [2.45, 2.75) is 45.6 Å². The molecule has 1 aromatic carbocycles. The van der Waals surface area contributed by atoms with Crippen molar-refractivity contribution in [3.63, 3.8) is 0 Å². The van der Waals surface area contributed by atoms with Gasteiger partial charge in [-0.1, -0.05) is 6.07 Å². The first kappa shape index (κ1) is 24.8. The topological polar surface area (TPSA) is 100 Å². The summed E-state index contributed by atoms with van der Waals surface area (Å²) in [5.41, 5.74) is -0.393. The average Bonchev–Trinajstić information content (AvgIpc) is 3.43. The number of rotatable bonds is 6. The lowest BCUT2D eigenvalue weighted by molar-refractivity contribution is -0.274. The van der Waals surface area contributed by atoms with Crippen molar-refractivity contribution in [2.24, 2.45) is 0 Å². The van der Waals surface area contributed by atoms with Gasteiger partial charge >= 0.3 is 0 Å². The molecule has 0 aliphatic carbocycles. The molecular formula is C26H26F2N4O5. The van der Waals surface area contributed by atoms with Gasteiger partial charge in [-0.25, -0.2) is 18.7 Å². The van der Waals surface area contributed by atoms with E-state index in [0.29, 0.717) is 17.1 Å². The summed E-state index contributed by atoms with van der Waals surface area (Å²) in [5.74, 6) is -1.62. The van der Waals surface area contributed by atoms with Gasteiger partial charge in [-0.05, 0) is 52.0 Å². The zero-order valence-electron chi connectivity index (χ0n) is 20.8. The minimum atomic E-state index is -1.17. The molecule has 0 unspecified atom stereocenters. The first-order valence-corrected chi connectivity index (χ1v) is 11.7. The van der Waals surface area contributed by atoms with Crippen LogP contribution >= 0.6 is 0 Å². The highest BCUT2D eigenvalue weighted by atomic mass is 19.1. The van der Waals surface area contributed by atoms with E-state index in [1.807, 2.05) is 0 Å². The Kier molecular flexibility index (Phi) is 6.20.